The number of rotatable bonds is 5. The molecule has 0 amide bonds. The summed E-state index contributed by atoms with van der Waals surface area (Å²) in [5, 5.41) is 1.67. The van der Waals surface area contributed by atoms with Crippen LogP contribution in [0, 0.1) is 0 Å². The summed E-state index contributed by atoms with van der Waals surface area (Å²) in [5.74, 6) is 6.83. The fraction of sp³-hybridized carbons (Fsp3) is 0.0588. The van der Waals surface area contributed by atoms with Gasteiger partial charge in [-0.3, -0.25) is 0 Å². The molecule has 5 heteroatoms. The fourth-order valence-corrected chi connectivity index (χ4v) is 2.06. The molecular weight excluding hydrogens is 276 g/mol. The van der Waals surface area contributed by atoms with Gasteiger partial charge in [-0.15, -0.1) is 0 Å². The first-order valence-corrected chi connectivity index (χ1v) is 6.93. The van der Waals surface area contributed by atoms with Gasteiger partial charge in [-0.05, 0) is 24.3 Å². The lowest BCUT2D eigenvalue weighted by atomic mass is 10.2. The molecule has 0 aliphatic heterocycles. The number of anilines is 1. The van der Waals surface area contributed by atoms with E-state index in [1.165, 1.54) is 0 Å². The number of nitrogens with zero attached hydrogens (tertiary/aromatic N) is 3. The summed E-state index contributed by atoms with van der Waals surface area (Å²) in [4.78, 5) is 8.15. The van der Waals surface area contributed by atoms with E-state index in [4.69, 9.17) is 10.6 Å². The predicted octanol–water partition coefficient (Wildman–Crippen LogP) is 3.15. The van der Waals surface area contributed by atoms with E-state index in [-0.39, 0.29) is 0 Å². The molecule has 110 valence electrons. The number of hydrazine groups is 1. The van der Waals surface area contributed by atoms with Crippen LogP contribution in [-0.4, -0.2) is 9.97 Å². The fourth-order valence-electron chi connectivity index (χ4n) is 2.06. The highest BCUT2D eigenvalue weighted by Crippen LogP contribution is 2.24. The first-order chi connectivity index (χ1) is 10.8. The zero-order chi connectivity index (χ0) is 15.2. The monoisotopic (exact) mass is 292 g/mol. The van der Waals surface area contributed by atoms with Gasteiger partial charge in [-0.1, -0.05) is 36.4 Å². The van der Waals surface area contributed by atoms with Crippen LogP contribution in [0.1, 0.15) is 5.56 Å². The maximum atomic E-state index is 6.14. The van der Waals surface area contributed by atoms with E-state index in [2.05, 4.69) is 9.97 Å². The lowest BCUT2D eigenvalue weighted by Gasteiger charge is -2.20. The number of hydrogen-bond acceptors (Lipinski definition) is 5. The number of benzene rings is 2. The van der Waals surface area contributed by atoms with Gasteiger partial charge in [0.15, 0.2) is 0 Å². The van der Waals surface area contributed by atoms with Crippen molar-refractivity contribution < 1.29 is 4.74 Å². The molecule has 0 unspecified atom stereocenters. The summed E-state index contributed by atoms with van der Waals surface area (Å²) in [6, 6.07) is 19.6. The van der Waals surface area contributed by atoms with Crippen molar-refractivity contribution in [3.05, 3.63) is 78.6 Å². The Morgan fingerprint density at radius 1 is 0.864 bits per heavy atom. The maximum absolute atomic E-state index is 6.14. The first kappa shape index (κ1) is 14.0. The highest BCUT2D eigenvalue weighted by Gasteiger charge is 2.09. The minimum Gasteiger partial charge on any atom is -0.424 e. The SMILES string of the molecule is NN(Cc1ccccc1Oc1ncccn1)c1ccccc1. The third kappa shape index (κ3) is 3.39. The molecule has 0 saturated heterocycles. The minimum absolute atomic E-state index is 0.318. The van der Waals surface area contributed by atoms with Crippen molar-refractivity contribution in [3.8, 4) is 11.8 Å². The number of nitrogens with two attached hydrogens (primary N) is 1. The van der Waals surface area contributed by atoms with Crippen molar-refractivity contribution in [1.82, 2.24) is 9.97 Å². The van der Waals surface area contributed by atoms with Crippen LogP contribution in [0.25, 0.3) is 0 Å². The predicted molar refractivity (Wildman–Crippen MR) is 85.4 cm³/mol. The molecule has 0 aliphatic carbocycles. The second-order valence-electron chi connectivity index (χ2n) is 4.70. The van der Waals surface area contributed by atoms with Crippen LogP contribution in [0.3, 0.4) is 0 Å². The molecule has 0 radical (unpaired) electrons. The molecule has 0 saturated carbocycles. The summed E-state index contributed by atoms with van der Waals surface area (Å²) in [5.41, 5.74) is 1.90. The van der Waals surface area contributed by atoms with Crippen molar-refractivity contribution in [2.45, 2.75) is 6.54 Å². The van der Waals surface area contributed by atoms with Gasteiger partial charge >= 0.3 is 6.01 Å². The third-order valence-electron chi connectivity index (χ3n) is 3.14. The lowest BCUT2D eigenvalue weighted by molar-refractivity contribution is 0.436. The van der Waals surface area contributed by atoms with Gasteiger partial charge in [-0.2, -0.15) is 0 Å². The van der Waals surface area contributed by atoms with Crippen molar-refractivity contribution in [3.63, 3.8) is 0 Å². The number of aromatic nitrogens is 2. The Hall–Kier alpha value is -2.92. The Bertz CT molecular complexity index is 719. The lowest BCUT2D eigenvalue weighted by Crippen LogP contribution is -2.30. The van der Waals surface area contributed by atoms with E-state index < -0.39 is 0 Å². The van der Waals surface area contributed by atoms with Crippen molar-refractivity contribution >= 4 is 5.69 Å². The zero-order valence-corrected chi connectivity index (χ0v) is 12.0. The molecule has 1 heterocycles. The molecule has 2 aromatic carbocycles. The molecule has 3 aromatic rings. The maximum Gasteiger partial charge on any atom is 0.321 e. The van der Waals surface area contributed by atoms with E-state index in [9.17, 15) is 0 Å². The van der Waals surface area contributed by atoms with E-state index in [0.29, 0.717) is 18.3 Å². The van der Waals surface area contributed by atoms with E-state index in [0.717, 1.165) is 11.3 Å². The molecule has 3 rings (SSSR count). The van der Waals surface area contributed by atoms with E-state index in [1.54, 1.807) is 23.5 Å². The molecule has 1 aromatic heterocycles. The second-order valence-corrected chi connectivity index (χ2v) is 4.70. The van der Waals surface area contributed by atoms with Crippen LogP contribution in [-0.2, 0) is 6.54 Å². The van der Waals surface area contributed by atoms with Gasteiger partial charge in [0.2, 0.25) is 0 Å². The van der Waals surface area contributed by atoms with Gasteiger partial charge in [-0.25, -0.2) is 15.8 Å². The molecular formula is C17H16N4O. The van der Waals surface area contributed by atoms with Gasteiger partial charge in [0.05, 0.1) is 12.2 Å². The highest BCUT2D eigenvalue weighted by atomic mass is 16.5. The Balaban J connectivity index is 1.79. The molecule has 0 fully saturated rings. The van der Waals surface area contributed by atoms with Crippen LogP contribution in [0.15, 0.2) is 73.1 Å². The van der Waals surface area contributed by atoms with Gasteiger partial charge in [0, 0.05) is 18.0 Å². The zero-order valence-electron chi connectivity index (χ0n) is 12.0. The molecule has 0 spiro atoms. The third-order valence-corrected chi connectivity index (χ3v) is 3.14. The van der Waals surface area contributed by atoms with Gasteiger partial charge < -0.3 is 9.75 Å². The first-order valence-electron chi connectivity index (χ1n) is 6.93. The molecule has 5 nitrogen and oxygen atoms in total. The molecule has 0 bridgehead atoms. The summed E-state index contributed by atoms with van der Waals surface area (Å²) >= 11 is 0. The molecule has 22 heavy (non-hydrogen) atoms. The normalized spacial score (nSPS) is 10.2. The van der Waals surface area contributed by atoms with Crippen LogP contribution in [0.4, 0.5) is 5.69 Å². The summed E-state index contributed by atoms with van der Waals surface area (Å²) in [6.45, 7) is 0.521. The van der Waals surface area contributed by atoms with E-state index in [1.807, 2.05) is 54.6 Å². The quantitative estimate of drug-likeness (QED) is 0.578. The van der Waals surface area contributed by atoms with Gasteiger partial charge in [0.25, 0.3) is 0 Å². The Morgan fingerprint density at radius 2 is 1.55 bits per heavy atom. The van der Waals surface area contributed by atoms with Crippen molar-refractivity contribution in [2.24, 2.45) is 5.84 Å². The average molecular weight is 292 g/mol. The van der Waals surface area contributed by atoms with Crippen LogP contribution in [0.2, 0.25) is 0 Å². The van der Waals surface area contributed by atoms with Crippen LogP contribution < -0.4 is 15.6 Å². The Labute approximate surface area is 129 Å². The van der Waals surface area contributed by atoms with E-state index >= 15 is 0 Å². The van der Waals surface area contributed by atoms with Crippen molar-refractivity contribution in [2.75, 3.05) is 5.01 Å². The summed E-state index contributed by atoms with van der Waals surface area (Å²) in [6.07, 6.45) is 3.29. The molecule has 0 aliphatic rings. The largest absolute Gasteiger partial charge is 0.424 e. The summed E-state index contributed by atoms with van der Waals surface area (Å²) < 4.78 is 5.74. The van der Waals surface area contributed by atoms with Crippen LogP contribution in [0.5, 0.6) is 11.8 Å². The molecule has 2 N–H and O–H groups in total. The topological polar surface area (TPSA) is 64.3 Å². The second kappa shape index (κ2) is 6.69. The van der Waals surface area contributed by atoms with Crippen LogP contribution >= 0.6 is 0 Å². The highest BCUT2D eigenvalue weighted by molar-refractivity contribution is 5.46. The standard InChI is InChI=1S/C17H16N4O/c18-21(15-8-2-1-3-9-15)13-14-7-4-5-10-16(14)22-17-19-11-6-12-20-17/h1-12H,13,18H2. The molecule has 0 atom stereocenters. The smallest absolute Gasteiger partial charge is 0.321 e. The van der Waals surface area contributed by atoms with Gasteiger partial charge in [0.1, 0.15) is 5.75 Å². The number of para-hydroxylation sites is 2. The number of hydrogen-bond donors (Lipinski definition) is 1. The Kier molecular flexibility index (Phi) is 4.27. The summed E-state index contributed by atoms with van der Waals surface area (Å²) in [7, 11) is 0. The Morgan fingerprint density at radius 3 is 2.32 bits per heavy atom. The minimum atomic E-state index is 0.318. The number of ether oxygens (including phenoxy) is 1. The average Bonchev–Trinajstić information content (AvgIpc) is 2.58. The van der Waals surface area contributed by atoms with Crippen molar-refractivity contribution in [1.29, 1.82) is 0 Å².